The van der Waals surface area contributed by atoms with E-state index in [2.05, 4.69) is 33.9 Å². The van der Waals surface area contributed by atoms with Gasteiger partial charge in [-0.05, 0) is 30.0 Å². The van der Waals surface area contributed by atoms with Crippen molar-refractivity contribution < 1.29 is 4.79 Å². The molecule has 2 aliphatic rings. The van der Waals surface area contributed by atoms with Crippen molar-refractivity contribution in [2.45, 2.75) is 57.9 Å². The van der Waals surface area contributed by atoms with Gasteiger partial charge in [-0.1, -0.05) is 37.3 Å². The molecule has 0 aliphatic carbocycles. The Morgan fingerprint density at radius 1 is 1.24 bits per heavy atom. The minimum Gasteiger partial charge on any atom is -0.361 e. The van der Waals surface area contributed by atoms with Crippen molar-refractivity contribution in [1.29, 1.82) is 0 Å². The first kappa shape index (κ1) is 23.5. The van der Waals surface area contributed by atoms with Gasteiger partial charge in [0, 0.05) is 47.2 Å². The Morgan fingerprint density at radius 3 is 2.82 bits per heavy atom. The van der Waals surface area contributed by atoms with E-state index in [0.717, 1.165) is 35.6 Å². The van der Waals surface area contributed by atoms with Crippen molar-refractivity contribution in [2.24, 2.45) is 0 Å². The second-order valence-electron chi connectivity index (χ2n) is 8.39. The number of anilines is 1. The van der Waals surface area contributed by atoms with Crippen molar-refractivity contribution in [3.8, 4) is 0 Å². The second kappa shape index (κ2) is 10.1. The Bertz CT molecular complexity index is 1170. The van der Waals surface area contributed by atoms with Crippen molar-refractivity contribution in [1.82, 2.24) is 20.2 Å². The lowest BCUT2D eigenvalue weighted by Gasteiger charge is -2.15. The number of hydrogen-bond acceptors (Lipinski definition) is 6. The largest absolute Gasteiger partial charge is 0.361 e. The van der Waals surface area contributed by atoms with Crippen molar-refractivity contribution in [2.75, 3.05) is 5.32 Å². The molecular formula is C24H28ClN5O2S. The number of thiophene rings is 1. The normalized spacial score (nSPS) is 18.3. The van der Waals surface area contributed by atoms with Gasteiger partial charge in [-0.3, -0.25) is 14.2 Å². The molecule has 0 radical (unpaired) electrons. The number of halogens is 1. The molecular weight excluding hydrogens is 458 g/mol. The van der Waals surface area contributed by atoms with E-state index < -0.39 is 6.04 Å². The van der Waals surface area contributed by atoms with Gasteiger partial charge in [-0.15, -0.1) is 23.7 Å². The van der Waals surface area contributed by atoms with Crippen LogP contribution >= 0.6 is 23.7 Å². The molecule has 1 aromatic carbocycles. The zero-order chi connectivity index (χ0) is 22.1. The van der Waals surface area contributed by atoms with Crippen LogP contribution in [0, 0.1) is 0 Å². The highest BCUT2D eigenvalue weighted by Crippen LogP contribution is 2.37. The number of nitrogens with zero attached hydrogens (tertiary/aromatic N) is 2. The smallest absolute Gasteiger partial charge is 0.294 e. The number of benzene rings is 1. The fraction of sp³-hybridized carbons (Fsp3) is 0.375. The molecule has 0 spiro atoms. The van der Waals surface area contributed by atoms with Crippen LogP contribution in [0.25, 0.3) is 0 Å². The number of aromatic nitrogens is 2. The third-order valence-electron chi connectivity index (χ3n) is 6.35. The number of hydrogen-bond donors (Lipinski definition) is 3. The summed E-state index contributed by atoms with van der Waals surface area (Å²) in [5.41, 5.74) is 3.02. The molecule has 174 valence electrons. The van der Waals surface area contributed by atoms with Gasteiger partial charge in [0.1, 0.15) is 6.04 Å². The maximum atomic E-state index is 13.3. The molecule has 9 heteroatoms. The summed E-state index contributed by atoms with van der Waals surface area (Å²) in [7, 11) is 0. The maximum absolute atomic E-state index is 13.3. The van der Waals surface area contributed by atoms with Gasteiger partial charge in [-0.2, -0.15) is 0 Å². The first-order chi connectivity index (χ1) is 15.6. The lowest BCUT2D eigenvalue weighted by atomic mass is 9.99. The predicted molar refractivity (Wildman–Crippen MR) is 133 cm³/mol. The van der Waals surface area contributed by atoms with Crippen LogP contribution in [0.1, 0.15) is 58.3 Å². The zero-order valence-corrected chi connectivity index (χ0v) is 20.1. The summed E-state index contributed by atoms with van der Waals surface area (Å²) < 4.78 is 1.65. The standard InChI is InChI=1S/C24H27N5O2S.ClH/c1-2-16-9-19(23(30)28-12-18-8-17-11-25-14-21(17)32-18)29-20(16)13-27-22(24(29)31)26-10-15-6-4-3-5-7-15;/h3-8,13,16,19,25H,2,9-12,14H2,1H3,(H,26,27)(H,28,30);1H/t16-,19-;/m0./s1. The van der Waals surface area contributed by atoms with E-state index in [1.165, 1.54) is 10.4 Å². The van der Waals surface area contributed by atoms with Crippen molar-refractivity contribution in [3.05, 3.63) is 79.5 Å². The van der Waals surface area contributed by atoms with Crippen LogP contribution in [0.5, 0.6) is 0 Å². The van der Waals surface area contributed by atoms with Gasteiger partial charge in [0.25, 0.3) is 5.56 Å². The SMILES string of the molecule is CC[C@H]1C[C@@H](C(=O)NCc2cc3c(s2)CNC3)n2c1cnc(NCc1ccccc1)c2=O.Cl. The van der Waals surface area contributed by atoms with Crippen LogP contribution in [0.4, 0.5) is 5.82 Å². The Balaban J connectivity index is 0.00000259. The minimum absolute atomic E-state index is 0. The van der Waals surface area contributed by atoms with Crippen molar-refractivity contribution >= 4 is 35.5 Å². The third kappa shape index (κ3) is 4.69. The molecule has 2 atom stereocenters. The van der Waals surface area contributed by atoms with Gasteiger partial charge < -0.3 is 16.0 Å². The van der Waals surface area contributed by atoms with E-state index >= 15 is 0 Å². The molecule has 2 aromatic heterocycles. The van der Waals surface area contributed by atoms with E-state index in [-0.39, 0.29) is 35.6 Å². The van der Waals surface area contributed by atoms with Gasteiger partial charge in [0.15, 0.2) is 5.82 Å². The highest BCUT2D eigenvalue weighted by atomic mass is 35.5. The zero-order valence-electron chi connectivity index (χ0n) is 18.5. The number of carbonyl (C=O) groups excluding carboxylic acids is 1. The van der Waals surface area contributed by atoms with Crippen LogP contribution in [0.15, 0.2) is 47.4 Å². The van der Waals surface area contributed by atoms with E-state index in [0.29, 0.717) is 19.5 Å². The maximum Gasteiger partial charge on any atom is 0.294 e. The summed E-state index contributed by atoms with van der Waals surface area (Å²) in [4.78, 5) is 33.3. The summed E-state index contributed by atoms with van der Waals surface area (Å²) in [6, 6.07) is 11.5. The molecule has 7 nitrogen and oxygen atoms in total. The quantitative estimate of drug-likeness (QED) is 0.475. The lowest BCUT2D eigenvalue weighted by molar-refractivity contribution is -0.124. The van der Waals surface area contributed by atoms with Crippen LogP contribution in [0.3, 0.4) is 0 Å². The highest BCUT2D eigenvalue weighted by molar-refractivity contribution is 7.12. The molecule has 0 saturated heterocycles. The van der Waals surface area contributed by atoms with Crippen LogP contribution < -0.4 is 21.5 Å². The molecule has 5 rings (SSSR count). The molecule has 1 amide bonds. The van der Waals surface area contributed by atoms with Gasteiger partial charge in [0.05, 0.1) is 6.54 Å². The van der Waals surface area contributed by atoms with E-state index in [1.807, 2.05) is 30.3 Å². The molecule has 0 saturated carbocycles. The number of fused-ring (bicyclic) bond motifs is 2. The Labute approximate surface area is 203 Å². The number of amides is 1. The van der Waals surface area contributed by atoms with Gasteiger partial charge in [-0.25, -0.2) is 4.98 Å². The first-order valence-corrected chi connectivity index (χ1v) is 11.9. The highest BCUT2D eigenvalue weighted by Gasteiger charge is 2.36. The fourth-order valence-electron chi connectivity index (χ4n) is 4.62. The number of nitrogens with one attached hydrogen (secondary N) is 3. The number of carbonyl (C=O) groups is 1. The topological polar surface area (TPSA) is 88.1 Å². The molecule has 3 N–H and O–H groups in total. The molecule has 4 heterocycles. The average molecular weight is 486 g/mol. The molecule has 33 heavy (non-hydrogen) atoms. The minimum atomic E-state index is -0.504. The third-order valence-corrected chi connectivity index (χ3v) is 7.52. The van der Waals surface area contributed by atoms with E-state index in [4.69, 9.17) is 0 Å². The predicted octanol–water partition coefficient (Wildman–Crippen LogP) is 3.70. The summed E-state index contributed by atoms with van der Waals surface area (Å²) in [6.07, 6.45) is 3.26. The monoisotopic (exact) mass is 485 g/mol. The molecule has 0 bridgehead atoms. The fourth-order valence-corrected chi connectivity index (χ4v) is 5.72. The van der Waals surface area contributed by atoms with Crippen LogP contribution in [-0.4, -0.2) is 15.5 Å². The average Bonchev–Trinajstić information content (AvgIpc) is 3.51. The summed E-state index contributed by atoms with van der Waals surface area (Å²) in [5.74, 6) is 0.344. The Hall–Kier alpha value is -2.68. The molecule has 3 aromatic rings. The summed E-state index contributed by atoms with van der Waals surface area (Å²) in [5, 5.41) is 9.55. The van der Waals surface area contributed by atoms with E-state index in [1.54, 1.807) is 22.1 Å². The Kier molecular flexibility index (Phi) is 7.17. The second-order valence-corrected chi connectivity index (χ2v) is 9.61. The van der Waals surface area contributed by atoms with Gasteiger partial charge >= 0.3 is 0 Å². The number of rotatable bonds is 7. The van der Waals surface area contributed by atoms with Crippen molar-refractivity contribution in [3.63, 3.8) is 0 Å². The van der Waals surface area contributed by atoms with Crippen LogP contribution in [-0.2, 0) is 31.0 Å². The molecule has 0 fully saturated rings. The van der Waals surface area contributed by atoms with Crippen LogP contribution in [0.2, 0.25) is 0 Å². The van der Waals surface area contributed by atoms with Gasteiger partial charge in [0.2, 0.25) is 5.91 Å². The van der Waals surface area contributed by atoms with E-state index in [9.17, 15) is 9.59 Å². The Morgan fingerprint density at radius 2 is 2.06 bits per heavy atom. The molecule has 0 unspecified atom stereocenters. The summed E-state index contributed by atoms with van der Waals surface area (Å²) in [6.45, 7) is 4.90. The molecule has 2 aliphatic heterocycles. The summed E-state index contributed by atoms with van der Waals surface area (Å²) >= 11 is 1.74. The lowest BCUT2D eigenvalue weighted by Crippen LogP contribution is -2.36. The first-order valence-electron chi connectivity index (χ1n) is 11.1.